The van der Waals surface area contributed by atoms with Gasteiger partial charge in [-0.2, -0.15) is 0 Å². The highest BCUT2D eigenvalue weighted by molar-refractivity contribution is 5.97. The van der Waals surface area contributed by atoms with Gasteiger partial charge in [-0.15, -0.1) is 0 Å². The van der Waals surface area contributed by atoms with Crippen LogP contribution in [-0.2, 0) is 14.3 Å². The van der Waals surface area contributed by atoms with E-state index in [1.807, 2.05) is 0 Å². The number of esters is 1. The Balaban J connectivity index is 1.61. The predicted octanol–water partition coefficient (Wildman–Crippen LogP) is 4.40. The largest absolute Gasteiger partial charge is 0.466 e. The van der Waals surface area contributed by atoms with Crippen LogP contribution in [-0.4, -0.2) is 18.4 Å². The number of carbonyl (C=O) groups excluding carboxylic acids is 2. The zero-order chi connectivity index (χ0) is 20.3. The Morgan fingerprint density at radius 3 is 2.71 bits per heavy atom. The lowest BCUT2D eigenvalue weighted by Gasteiger charge is -2.56. The minimum absolute atomic E-state index is 0.0418. The number of rotatable bonds is 3. The number of nitrogens with two attached hydrogens (primary N) is 1. The summed E-state index contributed by atoms with van der Waals surface area (Å²) in [5.74, 6) is 2.77. The fourth-order valence-electron chi connectivity index (χ4n) is 7.52. The minimum Gasteiger partial charge on any atom is -0.466 e. The molecule has 7 atom stereocenters. The molecule has 4 aliphatic rings. The number of ether oxygens (including phenoxy) is 1. The third-order valence-electron chi connectivity index (χ3n) is 9.02. The summed E-state index contributed by atoms with van der Waals surface area (Å²) in [7, 11) is 0. The van der Waals surface area contributed by atoms with E-state index in [2.05, 4.69) is 32.9 Å². The summed E-state index contributed by atoms with van der Waals surface area (Å²) < 4.78 is 5.35. The molecule has 0 amide bonds. The molecule has 0 unspecified atom stereocenters. The molecule has 154 valence electrons. The molecule has 28 heavy (non-hydrogen) atoms. The van der Waals surface area contributed by atoms with Crippen molar-refractivity contribution in [3.8, 4) is 0 Å². The first-order chi connectivity index (χ1) is 13.2. The monoisotopic (exact) mass is 385 g/mol. The van der Waals surface area contributed by atoms with E-state index in [0.717, 1.165) is 12.0 Å². The van der Waals surface area contributed by atoms with Crippen molar-refractivity contribution in [2.45, 2.75) is 66.2 Å². The number of carbonyl (C=O) groups is 2. The molecular weight excluding hydrogens is 350 g/mol. The first-order valence-corrected chi connectivity index (χ1v) is 11.0. The van der Waals surface area contributed by atoms with E-state index < -0.39 is 0 Å². The molecule has 0 aliphatic heterocycles. The summed E-state index contributed by atoms with van der Waals surface area (Å²) in [6.07, 6.45) is 11.0. The molecule has 0 spiro atoms. The van der Waals surface area contributed by atoms with Gasteiger partial charge in [-0.1, -0.05) is 32.9 Å². The minimum atomic E-state index is -0.179. The van der Waals surface area contributed by atoms with Gasteiger partial charge >= 0.3 is 5.97 Å². The van der Waals surface area contributed by atoms with Gasteiger partial charge in [-0.3, -0.25) is 9.59 Å². The summed E-state index contributed by atoms with van der Waals surface area (Å²) in [6.45, 7) is 9.11. The van der Waals surface area contributed by atoms with Crippen molar-refractivity contribution in [3.05, 3.63) is 23.4 Å². The Bertz CT molecular complexity index is 753. The quantitative estimate of drug-likeness (QED) is 0.731. The smallest absolute Gasteiger partial charge is 0.302 e. The first kappa shape index (κ1) is 19.7. The van der Waals surface area contributed by atoms with Gasteiger partial charge in [0.1, 0.15) is 0 Å². The Morgan fingerprint density at radius 2 is 2.00 bits per heavy atom. The molecule has 0 bridgehead atoms. The molecule has 4 aliphatic carbocycles. The molecule has 0 aromatic rings. The normalized spacial score (nSPS) is 43.2. The van der Waals surface area contributed by atoms with Crippen LogP contribution in [0.1, 0.15) is 66.2 Å². The van der Waals surface area contributed by atoms with Gasteiger partial charge in [0.2, 0.25) is 0 Å². The van der Waals surface area contributed by atoms with E-state index in [1.165, 1.54) is 32.6 Å². The standard InChI is InChI=1S/C24H35NO3/c1-14(13-28-15(2)26)17-7-8-18-16-5-6-20-22(25)21(27)10-12-24(20,4)19(16)9-11-23(17,18)3/h5-6,14,16-19H,7-13,25H2,1-4H3/t14-,16+,17-,18+,19+,23-,24-/m1/s1. The summed E-state index contributed by atoms with van der Waals surface area (Å²) in [5.41, 5.74) is 8.19. The zero-order valence-corrected chi connectivity index (χ0v) is 17.8. The van der Waals surface area contributed by atoms with Crippen LogP contribution in [0, 0.1) is 40.4 Å². The zero-order valence-electron chi connectivity index (χ0n) is 17.8. The number of ketones is 1. The number of fused-ring (bicyclic) bond motifs is 5. The highest BCUT2D eigenvalue weighted by Gasteiger charge is 2.59. The number of Topliss-reactive ketones (excluding diaryl/α,β-unsaturated/α-hetero) is 1. The van der Waals surface area contributed by atoms with E-state index in [-0.39, 0.29) is 17.2 Å². The van der Waals surface area contributed by atoms with E-state index >= 15 is 0 Å². The fourth-order valence-corrected chi connectivity index (χ4v) is 7.52. The van der Waals surface area contributed by atoms with Crippen LogP contribution >= 0.6 is 0 Å². The van der Waals surface area contributed by atoms with Crippen molar-refractivity contribution < 1.29 is 14.3 Å². The molecule has 0 radical (unpaired) electrons. The second-order valence-corrected chi connectivity index (χ2v) is 10.3. The summed E-state index contributed by atoms with van der Waals surface area (Å²) in [4.78, 5) is 23.4. The molecule has 0 aromatic heterocycles. The van der Waals surface area contributed by atoms with E-state index in [1.54, 1.807) is 0 Å². The Hall–Kier alpha value is -1.58. The summed E-state index contributed by atoms with van der Waals surface area (Å²) >= 11 is 0. The fraction of sp³-hybridized carbons (Fsp3) is 0.750. The van der Waals surface area contributed by atoms with Gasteiger partial charge in [0.05, 0.1) is 12.3 Å². The molecular formula is C24H35NO3. The summed E-state index contributed by atoms with van der Waals surface area (Å²) in [5, 5.41) is 0. The topological polar surface area (TPSA) is 69.4 Å². The van der Waals surface area contributed by atoms with Crippen molar-refractivity contribution in [1.29, 1.82) is 0 Å². The van der Waals surface area contributed by atoms with Gasteiger partial charge in [-0.25, -0.2) is 0 Å². The Morgan fingerprint density at radius 1 is 1.25 bits per heavy atom. The SMILES string of the molecule is CC(=O)OC[C@@H](C)[C@H]1CC[C@H]2[C@@H]3C=CC4=C(N)C(=O)CC[C@]4(C)[C@H]3CC[C@]12C. The van der Waals surface area contributed by atoms with Gasteiger partial charge < -0.3 is 10.5 Å². The lowest BCUT2D eigenvalue weighted by molar-refractivity contribution is -0.143. The molecule has 2 N–H and O–H groups in total. The maximum Gasteiger partial charge on any atom is 0.302 e. The van der Waals surface area contributed by atoms with Crippen molar-refractivity contribution in [1.82, 2.24) is 0 Å². The van der Waals surface area contributed by atoms with E-state index in [0.29, 0.717) is 53.7 Å². The second-order valence-electron chi connectivity index (χ2n) is 10.3. The molecule has 4 rings (SSSR count). The van der Waals surface area contributed by atoms with Crippen LogP contribution < -0.4 is 5.73 Å². The molecule has 4 nitrogen and oxygen atoms in total. The van der Waals surface area contributed by atoms with Crippen LogP contribution in [0.2, 0.25) is 0 Å². The number of allylic oxidation sites excluding steroid dienone is 4. The van der Waals surface area contributed by atoms with E-state index in [9.17, 15) is 9.59 Å². The highest BCUT2D eigenvalue weighted by Crippen LogP contribution is 2.66. The molecule has 0 heterocycles. The summed E-state index contributed by atoms with van der Waals surface area (Å²) in [6, 6.07) is 0. The molecule has 4 heteroatoms. The maximum absolute atomic E-state index is 12.2. The van der Waals surface area contributed by atoms with Gasteiger partial charge in [0.25, 0.3) is 0 Å². The van der Waals surface area contributed by atoms with Crippen LogP contribution in [0.3, 0.4) is 0 Å². The van der Waals surface area contributed by atoms with Gasteiger partial charge in [0.15, 0.2) is 5.78 Å². The number of hydrogen-bond donors (Lipinski definition) is 1. The van der Waals surface area contributed by atoms with Crippen molar-refractivity contribution in [2.24, 2.45) is 46.2 Å². The molecule has 0 saturated heterocycles. The van der Waals surface area contributed by atoms with Gasteiger partial charge in [0, 0.05) is 13.3 Å². The lowest BCUT2D eigenvalue weighted by Crippen LogP contribution is -2.50. The average Bonchev–Trinajstić information content (AvgIpc) is 3.00. The van der Waals surface area contributed by atoms with Crippen LogP contribution in [0.25, 0.3) is 0 Å². The van der Waals surface area contributed by atoms with Crippen molar-refractivity contribution in [2.75, 3.05) is 6.61 Å². The Kier molecular flexibility index (Phi) is 4.75. The van der Waals surface area contributed by atoms with Crippen LogP contribution in [0.5, 0.6) is 0 Å². The molecule has 2 fully saturated rings. The molecule has 2 saturated carbocycles. The maximum atomic E-state index is 12.2. The van der Waals surface area contributed by atoms with Gasteiger partial charge in [-0.05, 0) is 78.1 Å². The molecule has 0 aromatic carbocycles. The average molecular weight is 386 g/mol. The third-order valence-corrected chi connectivity index (χ3v) is 9.02. The second kappa shape index (κ2) is 6.74. The van der Waals surface area contributed by atoms with E-state index in [4.69, 9.17) is 10.5 Å². The number of hydrogen-bond acceptors (Lipinski definition) is 4. The van der Waals surface area contributed by atoms with Crippen LogP contribution in [0.15, 0.2) is 23.4 Å². The first-order valence-electron chi connectivity index (χ1n) is 11.0. The Labute approximate surface area is 169 Å². The lowest BCUT2D eigenvalue weighted by atomic mass is 9.48. The highest BCUT2D eigenvalue weighted by atomic mass is 16.5. The van der Waals surface area contributed by atoms with Crippen molar-refractivity contribution >= 4 is 11.8 Å². The predicted molar refractivity (Wildman–Crippen MR) is 109 cm³/mol. The third kappa shape index (κ3) is 2.78. The van der Waals surface area contributed by atoms with Crippen molar-refractivity contribution in [3.63, 3.8) is 0 Å². The van der Waals surface area contributed by atoms with Crippen LogP contribution in [0.4, 0.5) is 0 Å².